The molecule has 2 aromatic rings. The van der Waals surface area contributed by atoms with Gasteiger partial charge >= 0.3 is 5.97 Å². The zero-order valence-electron chi connectivity index (χ0n) is 21.0. The Kier molecular flexibility index (Phi) is 10.9. The van der Waals surface area contributed by atoms with Crippen molar-refractivity contribution in [3.05, 3.63) is 36.0 Å². The molecule has 3 amide bonds. The van der Waals surface area contributed by atoms with E-state index in [-0.39, 0.29) is 37.8 Å². The van der Waals surface area contributed by atoms with Gasteiger partial charge in [0.15, 0.2) is 5.96 Å². The minimum absolute atomic E-state index is 0.0762. The van der Waals surface area contributed by atoms with E-state index in [1.165, 1.54) is 0 Å². The van der Waals surface area contributed by atoms with Crippen LogP contribution in [0.15, 0.2) is 35.5 Å². The number of guanidine groups is 1. The van der Waals surface area contributed by atoms with Crippen LogP contribution in [0.3, 0.4) is 0 Å². The minimum Gasteiger partial charge on any atom is -0.480 e. The average molecular weight is 517 g/mol. The molecule has 0 aliphatic heterocycles. The second kappa shape index (κ2) is 13.8. The number of nitrogens with two attached hydrogens (primary N) is 3. The number of carboxylic acids is 1. The molecule has 3 unspecified atom stereocenters. The first-order valence-corrected chi connectivity index (χ1v) is 12.0. The summed E-state index contributed by atoms with van der Waals surface area (Å²) in [6, 6.07) is 4.18. The summed E-state index contributed by atoms with van der Waals surface area (Å²) in [4.78, 5) is 57.0. The molecule has 0 spiro atoms. The first-order chi connectivity index (χ1) is 17.5. The van der Waals surface area contributed by atoms with Gasteiger partial charge in [-0.15, -0.1) is 0 Å². The van der Waals surface area contributed by atoms with Gasteiger partial charge in [0.05, 0.1) is 6.54 Å². The number of aromatic amines is 1. The summed E-state index contributed by atoms with van der Waals surface area (Å²) in [5, 5.41) is 18.2. The van der Waals surface area contributed by atoms with Gasteiger partial charge in [-0.1, -0.05) is 32.0 Å². The minimum atomic E-state index is -1.23. The van der Waals surface area contributed by atoms with Crippen LogP contribution < -0.4 is 33.2 Å². The van der Waals surface area contributed by atoms with Crippen LogP contribution in [-0.4, -0.2) is 71.0 Å². The maximum Gasteiger partial charge on any atom is 0.326 e. The number of aliphatic imine (C=N–C) groups is 1. The molecule has 2 rings (SSSR count). The number of hydrogen-bond acceptors (Lipinski definition) is 6. The number of fused-ring (bicyclic) bond motifs is 1. The van der Waals surface area contributed by atoms with Gasteiger partial charge in [-0.25, -0.2) is 4.79 Å². The molecule has 1 aromatic heterocycles. The lowest BCUT2D eigenvalue weighted by atomic mass is 10.00. The molecule has 1 heterocycles. The van der Waals surface area contributed by atoms with Crippen molar-refractivity contribution >= 4 is 40.6 Å². The van der Waals surface area contributed by atoms with Crippen molar-refractivity contribution in [2.24, 2.45) is 28.1 Å². The number of nitrogens with one attached hydrogen (secondary N) is 4. The van der Waals surface area contributed by atoms with E-state index in [1.54, 1.807) is 20.0 Å². The zero-order valence-corrected chi connectivity index (χ0v) is 21.0. The van der Waals surface area contributed by atoms with Gasteiger partial charge in [-0.3, -0.25) is 19.4 Å². The van der Waals surface area contributed by atoms with Crippen molar-refractivity contribution in [1.82, 2.24) is 20.9 Å². The number of hydrogen-bond donors (Lipinski definition) is 8. The highest BCUT2D eigenvalue weighted by molar-refractivity contribution is 5.94. The third-order valence-electron chi connectivity index (χ3n) is 5.74. The van der Waals surface area contributed by atoms with Gasteiger partial charge in [0, 0.05) is 30.1 Å². The molecule has 0 bridgehead atoms. The molecule has 0 fully saturated rings. The lowest BCUT2D eigenvalue weighted by Gasteiger charge is -2.26. The number of carbonyl (C=O) groups is 4. The molecule has 13 nitrogen and oxygen atoms in total. The number of carbonyl (C=O) groups excluding carboxylic acids is 3. The zero-order chi connectivity index (χ0) is 27.5. The molecule has 0 aliphatic carbocycles. The largest absolute Gasteiger partial charge is 0.480 e. The molecule has 0 aliphatic rings. The summed E-state index contributed by atoms with van der Waals surface area (Å²) in [6.07, 6.45) is 2.21. The molecule has 0 saturated heterocycles. The van der Waals surface area contributed by atoms with Crippen LogP contribution in [0.2, 0.25) is 0 Å². The highest BCUT2D eigenvalue weighted by atomic mass is 16.4. The topological polar surface area (TPSA) is 231 Å². The van der Waals surface area contributed by atoms with Crippen LogP contribution in [0.4, 0.5) is 0 Å². The molecule has 37 heavy (non-hydrogen) atoms. The summed E-state index contributed by atoms with van der Waals surface area (Å²) in [5.41, 5.74) is 17.6. The number of rotatable bonds is 14. The normalized spacial score (nSPS) is 13.4. The van der Waals surface area contributed by atoms with Gasteiger partial charge in [0.1, 0.15) is 18.1 Å². The van der Waals surface area contributed by atoms with Crippen LogP contribution in [0.1, 0.15) is 32.3 Å². The summed E-state index contributed by atoms with van der Waals surface area (Å²) >= 11 is 0. The Balaban J connectivity index is 2.27. The van der Waals surface area contributed by atoms with Gasteiger partial charge in [-0.2, -0.15) is 0 Å². The highest BCUT2D eigenvalue weighted by Gasteiger charge is 2.31. The van der Waals surface area contributed by atoms with Crippen molar-refractivity contribution in [3.63, 3.8) is 0 Å². The number of carboxylic acid groups (broad SMARTS) is 1. The number of H-pyrrole nitrogens is 1. The Morgan fingerprint density at radius 2 is 1.70 bits per heavy atom. The molecule has 0 saturated carbocycles. The fraction of sp³-hybridized carbons (Fsp3) is 0.458. The summed E-state index contributed by atoms with van der Waals surface area (Å²) in [5.74, 6) is -3.42. The van der Waals surface area contributed by atoms with E-state index in [2.05, 4.69) is 25.9 Å². The van der Waals surface area contributed by atoms with Crippen molar-refractivity contribution in [3.8, 4) is 0 Å². The predicted molar refractivity (Wildman–Crippen MR) is 139 cm³/mol. The molecular weight excluding hydrogens is 480 g/mol. The maximum atomic E-state index is 13.3. The fourth-order valence-electron chi connectivity index (χ4n) is 3.79. The molecule has 11 N–H and O–H groups in total. The Hall–Kier alpha value is -4.13. The fourth-order valence-corrected chi connectivity index (χ4v) is 3.79. The number of para-hydroxylation sites is 1. The highest BCUT2D eigenvalue weighted by Crippen LogP contribution is 2.19. The summed E-state index contributed by atoms with van der Waals surface area (Å²) in [7, 11) is 0. The standard InChI is InChI=1S/C24H36N8O5/c1-13(2)20(32-19(33)11-25)22(35)31-18(10-14-12-29-16-7-4-3-6-15(14)16)21(34)30-17(23(36)37)8-5-9-28-24(26)27/h3-4,6-7,12-13,17-18,20,29H,5,8-11,25H2,1-2H3,(H,30,34)(H,31,35)(H,32,33)(H,36,37)(H4,26,27,28). The Bertz CT molecular complexity index is 1130. The third-order valence-corrected chi connectivity index (χ3v) is 5.74. The molecule has 202 valence electrons. The number of benzene rings is 1. The van der Waals surface area contributed by atoms with Gasteiger partial charge in [0.2, 0.25) is 17.7 Å². The first-order valence-electron chi connectivity index (χ1n) is 12.0. The number of nitrogens with zero attached hydrogens (tertiary/aromatic N) is 1. The summed E-state index contributed by atoms with van der Waals surface area (Å²) < 4.78 is 0. The van der Waals surface area contributed by atoms with E-state index in [4.69, 9.17) is 17.2 Å². The van der Waals surface area contributed by atoms with E-state index in [9.17, 15) is 24.3 Å². The van der Waals surface area contributed by atoms with Crippen LogP contribution in [0.25, 0.3) is 10.9 Å². The van der Waals surface area contributed by atoms with E-state index in [0.29, 0.717) is 6.42 Å². The number of aliphatic carboxylic acids is 1. The van der Waals surface area contributed by atoms with Gasteiger partial charge in [-0.05, 0) is 30.4 Å². The number of amides is 3. The lowest BCUT2D eigenvalue weighted by molar-refractivity contribution is -0.142. The van der Waals surface area contributed by atoms with E-state index in [0.717, 1.165) is 16.5 Å². The van der Waals surface area contributed by atoms with Crippen LogP contribution >= 0.6 is 0 Å². The van der Waals surface area contributed by atoms with Crippen molar-refractivity contribution in [2.45, 2.75) is 51.2 Å². The molecule has 1 aromatic carbocycles. The Morgan fingerprint density at radius 3 is 2.32 bits per heavy atom. The SMILES string of the molecule is CC(C)C(NC(=O)CN)C(=O)NC(Cc1c[nH]c2ccccc12)C(=O)NC(CCCN=C(N)N)C(=O)O. The molecular formula is C24H36N8O5. The van der Waals surface area contributed by atoms with Crippen molar-refractivity contribution in [2.75, 3.05) is 13.1 Å². The van der Waals surface area contributed by atoms with Crippen molar-refractivity contribution in [1.29, 1.82) is 0 Å². The van der Waals surface area contributed by atoms with E-state index >= 15 is 0 Å². The Labute approximate surface area is 214 Å². The predicted octanol–water partition coefficient (Wildman–Crippen LogP) is -1.08. The molecule has 0 radical (unpaired) electrons. The van der Waals surface area contributed by atoms with Crippen LogP contribution in [0, 0.1) is 5.92 Å². The van der Waals surface area contributed by atoms with Gasteiger partial charge in [0.25, 0.3) is 0 Å². The summed E-state index contributed by atoms with van der Waals surface area (Å²) in [6.45, 7) is 3.39. The Morgan fingerprint density at radius 1 is 1.03 bits per heavy atom. The van der Waals surface area contributed by atoms with Gasteiger partial charge < -0.3 is 43.2 Å². The lowest BCUT2D eigenvalue weighted by Crippen LogP contribution is -2.58. The quantitative estimate of drug-likeness (QED) is 0.0871. The third kappa shape index (κ3) is 8.79. The average Bonchev–Trinajstić information content (AvgIpc) is 3.25. The van der Waals surface area contributed by atoms with Crippen LogP contribution in [0.5, 0.6) is 0 Å². The molecule has 3 atom stereocenters. The monoisotopic (exact) mass is 516 g/mol. The van der Waals surface area contributed by atoms with E-state index in [1.807, 2.05) is 24.3 Å². The first kappa shape index (κ1) is 29.1. The second-order valence-electron chi connectivity index (χ2n) is 8.97. The van der Waals surface area contributed by atoms with Crippen LogP contribution in [-0.2, 0) is 25.6 Å². The second-order valence-corrected chi connectivity index (χ2v) is 8.97. The van der Waals surface area contributed by atoms with Crippen molar-refractivity contribution < 1.29 is 24.3 Å². The maximum absolute atomic E-state index is 13.3. The molecule has 13 heteroatoms. The smallest absolute Gasteiger partial charge is 0.326 e. The van der Waals surface area contributed by atoms with E-state index < -0.39 is 41.8 Å². The number of aromatic nitrogens is 1.